The van der Waals surface area contributed by atoms with Crippen LogP contribution in [0.4, 0.5) is 5.69 Å². The molecule has 74 valence electrons. The highest BCUT2D eigenvalue weighted by Crippen LogP contribution is 2.23. The second-order valence-corrected chi connectivity index (χ2v) is 3.71. The van der Waals surface area contributed by atoms with Gasteiger partial charge in [0.05, 0.1) is 15.7 Å². The van der Waals surface area contributed by atoms with E-state index in [1.165, 1.54) is 0 Å². The lowest BCUT2D eigenvalue weighted by atomic mass is 10.2. The van der Waals surface area contributed by atoms with E-state index in [1.54, 1.807) is 12.1 Å². The number of nitrogens with one attached hydrogen (secondary N) is 1. The Morgan fingerprint density at radius 3 is 2.71 bits per heavy atom. The molecule has 0 fully saturated rings. The summed E-state index contributed by atoms with van der Waals surface area (Å²) in [5, 5.41) is 2.95. The molecule has 0 aliphatic rings. The van der Waals surface area contributed by atoms with Gasteiger partial charge in [0.1, 0.15) is 0 Å². The highest BCUT2D eigenvalue weighted by Gasteiger charge is 2.07. The van der Waals surface area contributed by atoms with Crippen LogP contribution in [-0.2, 0) is 4.79 Å². The molecule has 0 spiro atoms. The van der Waals surface area contributed by atoms with E-state index in [4.69, 9.17) is 23.2 Å². The van der Waals surface area contributed by atoms with Crippen molar-refractivity contribution in [2.75, 3.05) is 5.32 Å². The quantitative estimate of drug-likeness (QED) is 0.775. The molecule has 0 unspecified atom stereocenters. The van der Waals surface area contributed by atoms with Crippen LogP contribution in [0.3, 0.4) is 0 Å². The maximum Gasteiger partial charge on any atom is 0.266 e. The third kappa shape index (κ3) is 2.76. The van der Waals surface area contributed by atoms with Crippen molar-refractivity contribution < 1.29 is 4.79 Å². The number of rotatable bonds is 2. The van der Waals surface area contributed by atoms with Gasteiger partial charge in [-0.05, 0) is 24.6 Å². The van der Waals surface area contributed by atoms with Crippen molar-refractivity contribution in [3.63, 3.8) is 0 Å². The standard InChI is InChI=1S/C10H9Cl2NO/c1-6-3-4-8(12)9(5-6)13-10(14)7(2)11/h3-5H,2H2,1H3,(H,13,14). The molecule has 4 heteroatoms. The van der Waals surface area contributed by atoms with Crippen LogP contribution in [0.15, 0.2) is 29.8 Å². The highest BCUT2D eigenvalue weighted by molar-refractivity contribution is 6.44. The molecule has 0 bridgehead atoms. The number of amides is 1. The Morgan fingerprint density at radius 1 is 1.50 bits per heavy atom. The Hall–Kier alpha value is -0.990. The summed E-state index contributed by atoms with van der Waals surface area (Å²) in [5.74, 6) is -0.445. The van der Waals surface area contributed by atoms with Gasteiger partial charge >= 0.3 is 0 Å². The lowest BCUT2D eigenvalue weighted by Crippen LogP contribution is -2.11. The fourth-order valence-electron chi connectivity index (χ4n) is 0.925. The third-order valence-electron chi connectivity index (χ3n) is 1.62. The smallest absolute Gasteiger partial charge is 0.266 e. The fraction of sp³-hybridized carbons (Fsp3) is 0.100. The predicted molar refractivity (Wildman–Crippen MR) is 59.8 cm³/mol. The minimum atomic E-state index is -0.445. The van der Waals surface area contributed by atoms with Crippen molar-refractivity contribution in [1.29, 1.82) is 0 Å². The van der Waals surface area contributed by atoms with E-state index in [0.29, 0.717) is 10.7 Å². The third-order valence-corrected chi connectivity index (χ3v) is 2.12. The first kappa shape index (κ1) is 11.1. The van der Waals surface area contributed by atoms with Gasteiger partial charge in [0.2, 0.25) is 0 Å². The normalized spacial score (nSPS) is 9.64. The van der Waals surface area contributed by atoms with Crippen molar-refractivity contribution in [2.24, 2.45) is 0 Å². The second kappa shape index (κ2) is 4.49. The first-order valence-electron chi connectivity index (χ1n) is 3.92. The summed E-state index contributed by atoms with van der Waals surface area (Å²) < 4.78 is 0. The molecule has 0 aliphatic heterocycles. The molecule has 1 amide bonds. The molecule has 0 heterocycles. The Labute approximate surface area is 92.5 Å². The highest BCUT2D eigenvalue weighted by atomic mass is 35.5. The molecule has 1 aromatic rings. The van der Waals surface area contributed by atoms with Gasteiger partial charge in [-0.25, -0.2) is 0 Å². The van der Waals surface area contributed by atoms with Gasteiger partial charge in [-0.2, -0.15) is 0 Å². The van der Waals surface area contributed by atoms with Gasteiger partial charge in [0.15, 0.2) is 0 Å². The number of hydrogen-bond acceptors (Lipinski definition) is 1. The molecule has 1 rings (SSSR count). The Bertz CT molecular complexity index is 388. The van der Waals surface area contributed by atoms with Crippen LogP contribution in [0.1, 0.15) is 5.56 Å². The molecule has 0 atom stereocenters. The number of hydrogen-bond donors (Lipinski definition) is 1. The summed E-state index contributed by atoms with van der Waals surface area (Å²) in [6, 6.07) is 5.33. The SMILES string of the molecule is C=C(Cl)C(=O)Nc1cc(C)ccc1Cl. The first-order valence-corrected chi connectivity index (χ1v) is 4.68. The average molecular weight is 230 g/mol. The molecular formula is C10H9Cl2NO. The van der Waals surface area contributed by atoms with Crippen LogP contribution in [0, 0.1) is 6.92 Å². The van der Waals surface area contributed by atoms with Crippen LogP contribution in [0.2, 0.25) is 5.02 Å². The fourth-order valence-corrected chi connectivity index (χ4v) is 1.14. The monoisotopic (exact) mass is 229 g/mol. The van der Waals surface area contributed by atoms with E-state index in [-0.39, 0.29) is 5.03 Å². The zero-order valence-corrected chi connectivity index (χ0v) is 9.12. The number of anilines is 1. The molecular weight excluding hydrogens is 221 g/mol. The molecule has 0 radical (unpaired) electrons. The molecule has 14 heavy (non-hydrogen) atoms. The largest absolute Gasteiger partial charge is 0.320 e. The zero-order chi connectivity index (χ0) is 10.7. The Balaban J connectivity index is 2.91. The van der Waals surface area contributed by atoms with Crippen LogP contribution < -0.4 is 5.32 Å². The topological polar surface area (TPSA) is 29.1 Å². The number of aryl methyl sites for hydroxylation is 1. The van der Waals surface area contributed by atoms with E-state index >= 15 is 0 Å². The maximum atomic E-state index is 11.2. The number of carbonyl (C=O) groups excluding carboxylic acids is 1. The minimum Gasteiger partial charge on any atom is -0.320 e. The minimum absolute atomic E-state index is 0.0671. The van der Waals surface area contributed by atoms with Crippen molar-refractivity contribution in [1.82, 2.24) is 0 Å². The maximum absolute atomic E-state index is 11.2. The summed E-state index contributed by atoms with van der Waals surface area (Å²) in [6.45, 7) is 5.22. The molecule has 1 N–H and O–H groups in total. The average Bonchev–Trinajstić information content (AvgIpc) is 2.11. The molecule has 0 aromatic heterocycles. The summed E-state index contributed by atoms with van der Waals surface area (Å²) in [7, 11) is 0. The lowest BCUT2D eigenvalue weighted by Gasteiger charge is -2.06. The number of carbonyl (C=O) groups is 1. The lowest BCUT2D eigenvalue weighted by molar-refractivity contribution is -0.112. The van der Waals surface area contributed by atoms with Gasteiger partial charge in [-0.1, -0.05) is 35.8 Å². The number of halogens is 2. The van der Waals surface area contributed by atoms with Crippen molar-refractivity contribution in [3.05, 3.63) is 40.4 Å². The van der Waals surface area contributed by atoms with E-state index in [1.807, 2.05) is 13.0 Å². The first-order chi connectivity index (χ1) is 6.50. The Kier molecular flexibility index (Phi) is 3.55. The molecule has 2 nitrogen and oxygen atoms in total. The molecule has 0 saturated carbocycles. The Morgan fingerprint density at radius 2 is 2.14 bits per heavy atom. The van der Waals surface area contributed by atoms with Gasteiger partial charge < -0.3 is 5.32 Å². The van der Waals surface area contributed by atoms with E-state index in [2.05, 4.69) is 11.9 Å². The van der Waals surface area contributed by atoms with Crippen LogP contribution in [-0.4, -0.2) is 5.91 Å². The molecule has 0 aliphatic carbocycles. The van der Waals surface area contributed by atoms with Crippen molar-refractivity contribution in [2.45, 2.75) is 6.92 Å². The molecule has 1 aromatic carbocycles. The van der Waals surface area contributed by atoms with Crippen LogP contribution in [0.25, 0.3) is 0 Å². The van der Waals surface area contributed by atoms with Gasteiger partial charge in [-0.15, -0.1) is 0 Å². The zero-order valence-electron chi connectivity index (χ0n) is 7.60. The summed E-state index contributed by atoms with van der Waals surface area (Å²) in [6.07, 6.45) is 0. The van der Waals surface area contributed by atoms with Gasteiger partial charge in [-0.3, -0.25) is 4.79 Å². The van der Waals surface area contributed by atoms with E-state index in [9.17, 15) is 4.79 Å². The van der Waals surface area contributed by atoms with Gasteiger partial charge in [0, 0.05) is 0 Å². The number of benzene rings is 1. The summed E-state index contributed by atoms with van der Waals surface area (Å²) in [5.41, 5.74) is 1.54. The van der Waals surface area contributed by atoms with Gasteiger partial charge in [0.25, 0.3) is 5.91 Å². The second-order valence-electron chi connectivity index (χ2n) is 2.84. The summed E-state index contributed by atoms with van der Waals surface area (Å²) in [4.78, 5) is 11.2. The van der Waals surface area contributed by atoms with Crippen LogP contribution >= 0.6 is 23.2 Å². The van der Waals surface area contributed by atoms with Crippen LogP contribution in [0.5, 0.6) is 0 Å². The van der Waals surface area contributed by atoms with E-state index < -0.39 is 5.91 Å². The summed E-state index contributed by atoms with van der Waals surface area (Å²) >= 11 is 11.3. The molecule has 0 saturated heterocycles. The van der Waals surface area contributed by atoms with E-state index in [0.717, 1.165) is 5.56 Å². The predicted octanol–water partition coefficient (Wildman–Crippen LogP) is 3.34. The van der Waals surface area contributed by atoms with Crippen molar-refractivity contribution in [3.8, 4) is 0 Å². The van der Waals surface area contributed by atoms with Crippen molar-refractivity contribution >= 4 is 34.8 Å².